The Labute approximate surface area is 108 Å². The lowest BCUT2D eigenvalue weighted by atomic mass is 9.79. The van der Waals surface area contributed by atoms with Crippen LogP contribution in [0.5, 0.6) is 0 Å². The number of hydrogen-bond acceptors (Lipinski definition) is 4. The van der Waals surface area contributed by atoms with E-state index in [2.05, 4.69) is 4.74 Å². The molecule has 0 radical (unpaired) electrons. The Morgan fingerprint density at radius 3 is 2.11 bits per heavy atom. The largest absolute Gasteiger partial charge is 0.508 e. The van der Waals surface area contributed by atoms with Crippen LogP contribution in [0.1, 0.15) is 59.8 Å². The topological polar surface area (TPSA) is 65.0 Å². The molecule has 0 saturated heterocycles. The normalized spacial score (nSPS) is 18.7. The lowest BCUT2D eigenvalue weighted by molar-refractivity contribution is -0.450. The van der Waals surface area contributed by atoms with E-state index in [-0.39, 0.29) is 0 Å². The second kappa shape index (κ2) is 5.89. The van der Waals surface area contributed by atoms with Crippen LogP contribution < -0.4 is 0 Å². The van der Waals surface area contributed by atoms with Gasteiger partial charge < -0.3 is 9.84 Å². The van der Waals surface area contributed by atoms with E-state index in [9.17, 15) is 4.79 Å². The second-order valence-corrected chi connectivity index (χ2v) is 5.87. The zero-order valence-electron chi connectivity index (χ0n) is 11.7. The minimum atomic E-state index is -1.38. The fraction of sp³-hybridized carbons (Fsp3) is 0.923. The highest BCUT2D eigenvalue weighted by Crippen LogP contribution is 2.35. The predicted octanol–water partition coefficient (Wildman–Crippen LogP) is 3.72. The molecule has 0 aromatic heterocycles. The molecule has 0 aromatic carbocycles. The maximum Gasteiger partial charge on any atom is 0.508 e. The van der Waals surface area contributed by atoms with Gasteiger partial charge in [-0.05, 0) is 32.6 Å². The van der Waals surface area contributed by atoms with Crippen LogP contribution in [0.4, 0.5) is 4.79 Å². The van der Waals surface area contributed by atoms with Crippen molar-refractivity contribution in [1.29, 1.82) is 0 Å². The summed E-state index contributed by atoms with van der Waals surface area (Å²) in [5.41, 5.74) is -0.431. The first-order chi connectivity index (χ1) is 8.23. The van der Waals surface area contributed by atoms with Gasteiger partial charge in [-0.3, -0.25) is 0 Å². The third-order valence-electron chi connectivity index (χ3n) is 3.38. The summed E-state index contributed by atoms with van der Waals surface area (Å²) < 4.78 is 4.59. The first-order valence-corrected chi connectivity index (χ1v) is 6.52. The Morgan fingerprint density at radius 1 is 1.06 bits per heavy atom. The average Bonchev–Trinajstić information content (AvgIpc) is 2.26. The van der Waals surface area contributed by atoms with Crippen LogP contribution >= 0.6 is 0 Å². The van der Waals surface area contributed by atoms with Gasteiger partial charge in [-0.15, -0.1) is 0 Å². The van der Waals surface area contributed by atoms with Gasteiger partial charge in [0.05, 0.1) is 0 Å². The zero-order valence-corrected chi connectivity index (χ0v) is 11.7. The van der Waals surface area contributed by atoms with Crippen molar-refractivity contribution in [2.45, 2.75) is 71.2 Å². The van der Waals surface area contributed by atoms with E-state index in [1.807, 2.05) is 13.8 Å². The summed E-state index contributed by atoms with van der Waals surface area (Å²) in [5.74, 6) is -0.857. The van der Waals surface area contributed by atoms with Crippen LogP contribution in [-0.4, -0.2) is 22.7 Å². The van der Waals surface area contributed by atoms with Crippen LogP contribution in [0.15, 0.2) is 0 Å². The van der Waals surface area contributed by atoms with E-state index >= 15 is 0 Å². The molecule has 1 fully saturated rings. The number of carboxylic acid groups (broad SMARTS) is 1. The SMILES string of the molecule is CC(C)(OOC(C)(C)C1CCCCC1)OC(=O)O. The maximum atomic E-state index is 10.5. The predicted molar refractivity (Wildman–Crippen MR) is 66.0 cm³/mol. The highest BCUT2D eigenvalue weighted by molar-refractivity contribution is 5.57. The van der Waals surface area contributed by atoms with Gasteiger partial charge in [0.1, 0.15) is 5.60 Å². The standard InChI is InChI=1S/C13H24O5/c1-12(2,10-8-6-5-7-9-10)17-18-13(3,4)16-11(14)15/h10H,5-9H2,1-4H3,(H,14,15). The Bertz CT molecular complexity index is 279. The molecule has 18 heavy (non-hydrogen) atoms. The van der Waals surface area contributed by atoms with E-state index in [4.69, 9.17) is 14.9 Å². The van der Waals surface area contributed by atoms with Crippen LogP contribution in [0.3, 0.4) is 0 Å². The molecule has 1 aliphatic carbocycles. The van der Waals surface area contributed by atoms with Gasteiger partial charge in [0.25, 0.3) is 0 Å². The van der Waals surface area contributed by atoms with Gasteiger partial charge in [-0.25, -0.2) is 9.68 Å². The molecular formula is C13H24O5. The summed E-state index contributed by atoms with van der Waals surface area (Å²) in [6, 6.07) is 0. The molecule has 1 rings (SSSR count). The molecule has 0 heterocycles. The molecule has 0 atom stereocenters. The van der Waals surface area contributed by atoms with E-state index < -0.39 is 17.5 Å². The van der Waals surface area contributed by atoms with Gasteiger partial charge in [0, 0.05) is 13.8 Å². The van der Waals surface area contributed by atoms with Gasteiger partial charge in [-0.1, -0.05) is 19.3 Å². The van der Waals surface area contributed by atoms with Crippen molar-refractivity contribution in [2.24, 2.45) is 5.92 Å². The molecule has 106 valence electrons. The molecule has 0 aliphatic heterocycles. The number of ether oxygens (including phenoxy) is 1. The van der Waals surface area contributed by atoms with Crippen molar-refractivity contribution < 1.29 is 24.4 Å². The minimum Gasteiger partial charge on any atom is -0.450 e. The zero-order chi connectivity index (χ0) is 13.8. The lowest BCUT2D eigenvalue weighted by Gasteiger charge is -2.37. The molecule has 0 aromatic rings. The van der Waals surface area contributed by atoms with Crippen molar-refractivity contribution in [3.8, 4) is 0 Å². The molecule has 0 bridgehead atoms. The highest BCUT2D eigenvalue weighted by Gasteiger charge is 2.36. The van der Waals surface area contributed by atoms with Gasteiger partial charge in [0.2, 0.25) is 5.79 Å². The van der Waals surface area contributed by atoms with E-state index in [1.165, 1.54) is 33.1 Å². The van der Waals surface area contributed by atoms with Crippen molar-refractivity contribution in [1.82, 2.24) is 0 Å². The summed E-state index contributed by atoms with van der Waals surface area (Å²) in [6.45, 7) is 6.97. The fourth-order valence-electron chi connectivity index (χ4n) is 2.30. The van der Waals surface area contributed by atoms with E-state index in [0.29, 0.717) is 5.92 Å². The first kappa shape index (κ1) is 15.2. The molecule has 0 spiro atoms. The van der Waals surface area contributed by atoms with Crippen molar-refractivity contribution >= 4 is 6.16 Å². The quantitative estimate of drug-likeness (QED) is 0.353. The molecular weight excluding hydrogens is 236 g/mol. The van der Waals surface area contributed by atoms with Crippen molar-refractivity contribution in [2.75, 3.05) is 0 Å². The summed E-state index contributed by atoms with van der Waals surface area (Å²) in [7, 11) is 0. The molecule has 0 amide bonds. The fourth-order valence-corrected chi connectivity index (χ4v) is 2.30. The third kappa shape index (κ3) is 4.82. The van der Waals surface area contributed by atoms with E-state index in [1.54, 1.807) is 0 Å². The highest BCUT2D eigenvalue weighted by atomic mass is 17.2. The Morgan fingerprint density at radius 2 is 1.61 bits per heavy atom. The molecule has 1 aliphatic rings. The summed E-state index contributed by atoms with van der Waals surface area (Å²) in [4.78, 5) is 21.1. The summed E-state index contributed by atoms with van der Waals surface area (Å²) >= 11 is 0. The maximum absolute atomic E-state index is 10.5. The van der Waals surface area contributed by atoms with Crippen LogP contribution in [0.25, 0.3) is 0 Å². The molecule has 5 nitrogen and oxygen atoms in total. The monoisotopic (exact) mass is 260 g/mol. The van der Waals surface area contributed by atoms with E-state index in [0.717, 1.165) is 12.8 Å². The van der Waals surface area contributed by atoms with Gasteiger partial charge in [0.15, 0.2) is 0 Å². The Balaban J connectivity index is 2.46. The first-order valence-electron chi connectivity index (χ1n) is 6.52. The smallest absolute Gasteiger partial charge is 0.450 e. The van der Waals surface area contributed by atoms with Crippen molar-refractivity contribution in [3.63, 3.8) is 0 Å². The van der Waals surface area contributed by atoms with Gasteiger partial charge >= 0.3 is 6.16 Å². The Hall–Kier alpha value is -0.810. The summed E-state index contributed by atoms with van der Waals surface area (Å²) in [5, 5.41) is 8.57. The average molecular weight is 260 g/mol. The minimum absolute atomic E-state index is 0.431. The molecule has 1 N–H and O–H groups in total. The Kier molecular flexibility index (Phi) is 4.99. The number of rotatable bonds is 5. The molecule has 1 saturated carbocycles. The van der Waals surface area contributed by atoms with Crippen LogP contribution in [0.2, 0.25) is 0 Å². The summed E-state index contributed by atoms with van der Waals surface area (Å²) in [6.07, 6.45) is 4.58. The number of hydrogen-bond donors (Lipinski definition) is 1. The van der Waals surface area contributed by atoms with Crippen LogP contribution in [0, 0.1) is 5.92 Å². The van der Waals surface area contributed by atoms with Crippen LogP contribution in [-0.2, 0) is 14.5 Å². The lowest BCUT2D eigenvalue weighted by Crippen LogP contribution is -2.40. The van der Waals surface area contributed by atoms with Crippen molar-refractivity contribution in [3.05, 3.63) is 0 Å². The second-order valence-electron chi connectivity index (χ2n) is 5.87. The third-order valence-corrected chi connectivity index (χ3v) is 3.38. The van der Waals surface area contributed by atoms with Gasteiger partial charge in [-0.2, -0.15) is 4.89 Å². The molecule has 0 unspecified atom stereocenters. The molecule has 5 heteroatoms. The number of carbonyl (C=O) groups is 1.